The van der Waals surface area contributed by atoms with Crippen LogP contribution in [0.15, 0.2) is 85.0 Å². The van der Waals surface area contributed by atoms with Gasteiger partial charge in [-0.3, -0.25) is 9.59 Å². The zero-order valence-electron chi connectivity index (χ0n) is 14.4. The van der Waals surface area contributed by atoms with Crippen LogP contribution in [0.3, 0.4) is 0 Å². The molecule has 4 aliphatic rings. The molecule has 0 saturated heterocycles. The van der Waals surface area contributed by atoms with E-state index in [4.69, 9.17) is 0 Å². The molecule has 2 nitrogen and oxygen atoms in total. The largest absolute Gasteiger partial charge is 0.294 e. The van der Waals surface area contributed by atoms with Crippen LogP contribution >= 0.6 is 0 Å². The van der Waals surface area contributed by atoms with Crippen molar-refractivity contribution in [2.75, 3.05) is 0 Å². The number of Topliss-reactive ketones (excluding diaryl/α,β-unsaturated/α-hetero) is 2. The number of allylic oxidation sites excluding steroid dienone is 4. The van der Waals surface area contributed by atoms with Crippen molar-refractivity contribution in [1.82, 2.24) is 0 Å². The summed E-state index contributed by atoms with van der Waals surface area (Å²) in [6.45, 7) is 0. The number of hydrogen-bond acceptors (Lipinski definition) is 2. The van der Waals surface area contributed by atoms with Gasteiger partial charge in [0.15, 0.2) is 11.6 Å². The summed E-state index contributed by atoms with van der Waals surface area (Å²) >= 11 is 0. The van der Waals surface area contributed by atoms with Crippen LogP contribution in [0.1, 0.15) is 20.7 Å². The molecule has 2 heteroatoms. The van der Waals surface area contributed by atoms with Gasteiger partial charge in [-0.1, -0.05) is 85.0 Å². The van der Waals surface area contributed by atoms with E-state index in [0.29, 0.717) is 23.0 Å². The molecule has 0 heterocycles. The molecule has 0 aromatic heterocycles. The Bertz CT molecular complexity index is 834. The minimum absolute atomic E-state index is 0.109. The second-order valence-electron chi connectivity index (χ2n) is 7.59. The highest BCUT2D eigenvalue weighted by Gasteiger charge is 2.56. The normalized spacial score (nSPS) is 33.4. The average Bonchev–Trinajstić information content (AvgIpc) is 2.67. The summed E-state index contributed by atoms with van der Waals surface area (Å²) < 4.78 is 0. The highest BCUT2D eigenvalue weighted by Crippen LogP contribution is 2.57. The Balaban J connectivity index is 1.58. The van der Waals surface area contributed by atoms with Crippen molar-refractivity contribution in [3.05, 3.63) is 96.1 Å². The maximum absolute atomic E-state index is 13.4. The molecule has 0 aliphatic heterocycles. The van der Waals surface area contributed by atoms with Crippen molar-refractivity contribution in [3.8, 4) is 0 Å². The topological polar surface area (TPSA) is 34.1 Å². The van der Waals surface area contributed by atoms with Gasteiger partial charge in [-0.2, -0.15) is 0 Å². The molecule has 2 bridgehead atoms. The van der Waals surface area contributed by atoms with E-state index < -0.39 is 0 Å². The Morgan fingerprint density at radius 3 is 1.19 bits per heavy atom. The van der Waals surface area contributed by atoms with Gasteiger partial charge in [0.25, 0.3) is 0 Å². The summed E-state index contributed by atoms with van der Waals surface area (Å²) in [6, 6.07) is 18.9. The van der Waals surface area contributed by atoms with Gasteiger partial charge < -0.3 is 0 Å². The van der Waals surface area contributed by atoms with Crippen molar-refractivity contribution in [2.45, 2.75) is 0 Å². The van der Waals surface area contributed by atoms with Gasteiger partial charge in [-0.05, 0) is 23.7 Å². The number of carbonyl (C=O) groups excluding carboxylic acids is 2. The van der Waals surface area contributed by atoms with Crippen molar-refractivity contribution >= 4 is 11.6 Å². The summed E-state index contributed by atoms with van der Waals surface area (Å²) in [5.41, 5.74) is 1.42. The molecule has 6 rings (SSSR count). The Labute approximate surface area is 153 Å². The van der Waals surface area contributed by atoms with Crippen molar-refractivity contribution < 1.29 is 9.59 Å². The first-order valence-electron chi connectivity index (χ1n) is 9.31. The SMILES string of the molecule is O=C(c1ccccc1)[C@@H]1[C@@H]2C=C[C@@H]([C@H]3C=C[C@H]32)[C@H]1C(=O)c1ccccc1. The molecule has 2 aromatic carbocycles. The van der Waals surface area contributed by atoms with E-state index in [-0.39, 0.29) is 35.2 Å². The number of carbonyl (C=O) groups is 2. The molecule has 1 saturated carbocycles. The van der Waals surface area contributed by atoms with Gasteiger partial charge in [0.1, 0.15) is 0 Å². The molecule has 0 N–H and O–H groups in total. The zero-order valence-corrected chi connectivity index (χ0v) is 14.4. The lowest BCUT2D eigenvalue weighted by Crippen LogP contribution is -2.54. The Morgan fingerprint density at radius 1 is 0.500 bits per heavy atom. The van der Waals surface area contributed by atoms with Crippen molar-refractivity contribution in [2.24, 2.45) is 35.5 Å². The molecule has 128 valence electrons. The van der Waals surface area contributed by atoms with Crippen LogP contribution in [0, 0.1) is 35.5 Å². The van der Waals surface area contributed by atoms with Crippen LogP contribution in [0.4, 0.5) is 0 Å². The van der Waals surface area contributed by atoms with E-state index in [2.05, 4.69) is 24.3 Å². The first-order valence-corrected chi connectivity index (χ1v) is 9.31. The van der Waals surface area contributed by atoms with Gasteiger partial charge in [-0.25, -0.2) is 0 Å². The number of rotatable bonds is 4. The van der Waals surface area contributed by atoms with Gasteiger partial charge in [0, 0.05) is 23.0 Å². The first kappa shape index (κ1) is 15.5. The number of hydrogen-bond donors (Lipinski definition) is 0. The predicted molar refractivity (Wildman–Crippen MR) is 101 cm³/mol. The Hall–Kier alpha value is -2.74. The molecule has 26 heavy (non-hydrogen) atoms. The van der Waals surface area contributed by atoms with Crippen LogP contribution in [-0.2, 0) is 0 Å². The van der Waals surface area contributed by atoms with Crippen LogP contribution in [0.2, 0.25) is 0 Å². The fraction of sp³-hybridized carbons (Fsp3) is 0.250. The van der Waals surface area contributed by atoms with Crippen LogP contribution in [0.5, 0.6) is 0 Å². The van der Waals surface area contributed by atoms with Gasteiger partial charge >= 0.3 is 0 Å². The number of benzene rings is 2. The molecule has 0 radical (unpaired) electrons. The van der Waals surface area contributed by atoms with E-state index in [9.17, 15) is 9.59 Å². The second kappa shape index (κ2) is 5.91. The van der Waals surface area contributed by atoms with E-state index in [1.54, 1.807) is 0 Å². The van der Waals surface area contributed by atoms with Crippen LogP contribution in [0.25, 0.3) is 0 Å². The summed E-state index contributed by atoms with van der Waals surface area (Å²) in [5.74, 6) is 0.735. The quantitative estimate of drug-likeness (QED) is 0.602. The molecule has 4 aliphatic carbocycles. The number of fused-ring (bicyclic) bond motifs is 1. The Morgan fingerprint density at radius 2 is 0.846 bits per heavy atom. The summed E-state index contributed by atoms with van der Waals surface area (Å²) in [7, 11) is 0. The lowest BCUT2D eigenvalue weighted by Gasteiger charge is -2.54. The summed E-state index contributed by atoms with van der Waals surface area (Å²) in [6.07, 6.45) is 8.83. The summed E-state index contributed by atoms with van der Waals surface area (Å²) in [4.78, 5) is 26.8. The predicted octanol–water partition coefficient (Wildman–Crippen LogP) is 4.60. The molecule has 2 aromatic rings. The molecule has 1 fully saturated rings. The monoisotopic (exact) mass is 340 g/mol. The standard InChI is InChI=1S/C24H20O2/c25-23(15-7-3-1-4-8-15)21-19-13-14-20(18-12-11-17(18)19)22(21)24(26)16-9-5-2-6-10-16/h1-14,17-22H/t17-,18+,19-,20+,21-,22-/m1/s1. The van der Waals surface area contributed by atoms with Crippen molar-refractivity contribution in [1.29, 1.82) is 0 Å². The first-order chi connectivity index (χ1) is 12.8. The molecular weight excluding hydrogens is 320 g/mol. The molecule has 6 atom stereocenters. The van der Waals surface area contributed by atoms with Crippen molar-refractivity contribution in [3.63, 3.8) is 0 Å². The molecule has 0 unspecified atom stereocenters. The molecule has 0 amide bonds. The minimum atomic E-state index is -0.272. The summed E-state index contributed by atoms with van der Waals surface area (Å²) in [5, 5.41) is 0. The van der Waals surface area contributed by atoms with Gasteiger partial charge in [-0.15, -0.1) is 0 Å². The highest BCUT2D eigenvalue weighted by molar-refractivity contribution is 6.06. The van der Waals surface area contributed by atoms with Gasteiger partial charge in [0.2, 0.25) is 0 Å². The fourth-order valence-corrected chi connectivity index (χ4v) is 5.11. The lowest BCUT2D eigenvalue weighted by atomic mass is 9.48. The average molecular weight is 340 g/mol. The van der Waals surface area contributed by atoms with E-state index in [1.807, 2.05) is 60.7 Å². The highest BCUT2D eigenvalue weighted by atomic mass is 16.1. The van der Waals surface area contributed by atoms with Crippen LogP contribution in [-0.4, -0.2) is 11.6 Å². The zero-order chi connectivity index (χ0) is 17.7. The molecule has 0 spiro atoms. The van der Waals surface area contributed by atoms with Gasteiger partial charge in [0.05, 0.1) is 0 Å². The third kappa shape index (κ3) is 2.18. The maximum atomic E-state index is 13.4. The third-order valence-corrected chi connectivity index (χ3v) is 6.38. The maximum Gasteiger partial charge on any atom is 0.167 e. The Kier molecular flexibility index (Phi) is 3.53. The van der Waals surface area contributed by atoms with E-state index in [1.165, 1.54) is 0 Å². The lowest BCUT2D eigenvalue weighted by molar-refractivity contribution is 0.0289. The van der Waals surface area contributed by atoms with Crippen LogP contribution < -0.4 is 0 Å². The van der Waals surface area contributed by atoms with E-state index >= 15 is 0 Å². The molecular formula is C24H20O2. The second-order valence-corrected chi connectivity index (χ2v) is 7.59. The number of ketones is 2. The minimum Gasteiger partial charge on any atom is -0.294 e. The van der Waals surface area contributed by atoms with E-state index in [0.717, 1.165) is 0 Å². The smallest absolute Gasteiger partial charge is 0.167 e. The third-order valence-electron chi connectivity index (χ3n) is 6.38. The fourth-order valence-electron chi connectivity index (χ4n) is 5.11.